The van der Waals surface area contributed by atoms with Gasteiger partial charge < -0.3 is 9.88 Å². The number of nitrogens with one attached hydrogen (secondary N) is 1. The lowest BCUT2D eigenvalue weighted by Crippen LogP contribution is -2.11. The van der Waals surface area contributed by atoms with Crippen molar-refractivity contribution in [3.05, 3.63) is 54.2 Å². The van der Waals surface area contributed by atoms with Crippen LogP contribution in [-0.2, 0) is 11.8 Å². The monoisotopic (exact) mass is 265 g/mol. The van der Waals surface area contributed by atoms with E-state index < -0.39 is 0 Å². The summed E-state index contributed by atoms with van der Waals surface area (Å²) < 4.78 is 1.83. The Hall–Kier alpha value is -2.80. The van der Waals surface area contributed by atoms with Crippen molar-refractivity contribution in [2.45, 2.75) is 6.92 Å². The molecule has 0 spiro atoms. The molecule has 0 fully saturated rings. The minimum atomic E-state index is -0.191. The predicted molar refractivity (Wildman–Crippen MR) is 79.0 cm³/mol. The van der Waals surface area contributed by atoms with Gasteiger partial charge in [0, 0.05) is 24.0 Å². The Morgan fingerprint density at radius 1 is 1.25 bits per heavy atom. The van der Waals surface area contributed by atoms with E-state index in [-0.39, 0.29) is 5.91 Å². The number of hydrogen-bond donors (Lipinski definition) is 1. The van der Waals surface area contributed by atoms with Gasteiger partial charge in [-0.05, 0) is 36.8 Å². The second-order valence-corrected chi connectivity index (χ2v) is 4.59. The molecule has 1 heterocycles. The van der Waals surface area contributed by atoms with Gasteiger partial charge in [0.15, 0.2) is 0 Å². The summed E-state index contributed by atoms with van der Waals surface area (Å²) in [5.74, 6) is -0.191. The van der Waals surface area contributed by atoms with Crippen LogP contribution in [0.5, 0.6) is 0 Å². The number of amides is 1. The number of anilines is 1. The molecule has 100 valence electrons. The van der Waals surface area contributed by atoms with Gasteiger partial charge in [0.25, 0.3) is 5.91 Å². The fourth-order valence-electron chi connectivity index (χ4n) is 1.88. The summed E-state index contributed by atoms with van der Waals surface area (Å²) in [7, 11) is 1.85. The minimum Gasteiger partial charge on any atom is -0.335 e. The Morgan fingerprint density at radius 2 is 1.90 bits per heavy atom. The number of nitriles is 1. The molecule has 4 nitrogen and oxygen atoms in total. The quantitative estimate of drug-likeness (QED) is 0.867. The highest BCUT2D eigenvalue weighted by Gasteiger charge is 2.07. The van der Waals surface area contributed by atoms with Gasteiger partial charge >= 0.3 is 0 Å². The largest absolute Gasteiger partial charge is 0.335 e. The Morgan fingerprint density at radius 3 is 2.40 bits per heavy atom. The normalized spacial score (nSPS) is 9.85. The Kier molecular flexibility index (Phi) is 3.72. The Balaban J connectivity index is 2.24. The summed E-state index contributed by atoms with van der Waals surface area (Å²) in [6.07, 6.45) is 0. The summed E-state index contributed by atoms with van der Waals surface area (Å²) >= 11 is 0. The second-order valence-electron chi connectivity index (χ2n) is 4.59. The molecule has 0 bridgehead atoms. The zero-order valence-corrected chi connectivity index (χ0v) is 11.5. The average Bonchev–Trinajstić information content (AvgIpc) is 2.80. The highest BCUT2D eigenvalue weighted by Crippen LogP contribution is 2.23. The number of carbonyl (C=O) groups is 1. The van der Waals surface area contributed by atoms with Crippen molar-refractivity contribution in [2.75, 3.05) is 5.32 Å². The van der Waals surface area contributed by atoms with Gasteiger partial charge in [-0.15, -0.1) is 0 Å². The van der Waals surface area contributed by atoms with E-state index in [4.69, 9.17) is 5.26 Å². The first-order valence-corrected chi connectivity index (χ1v) is 6.16. The molecule has 20 heavy (non-hydrogen) atoms. The van der Waals surface area contributed by atoms with E-state index in [9.17, 15) is 4.79 Å². The molecule has 4 heteroatoms. The second kappa shape index (κ2) is 5.45. The number of carbonyl (C=O) groups excluding carboxylic acids is 1. The zero-order chi connectivity index (χ0) is 14.7. The summed E-state index contributed by atoms with van der Waals surface area (Å²) in [6.45, 7) is 5.26. The highest BCUT2D eigenvalue weighted by molar-refractivity contribution is 6.02. The molecule has 1 N–H and O–H groups in total. The maximum atomic E-state index is 11.5. The van der Waals surface area contributed by atoms with E-state index in [0.717, 1.165) is 16.9 Å². The van der Waals surface area contributed by atoms with Crippen LogP contribution in [0.15, 0.2) is 48.6 Å². The van der Waals surface area contributed by atoms with E-state index >= 15 is 0 Å². The SMILES string of the molecule is C=C(C)C(=O)Nc1ccc(-c2ccc(C#N)n2C)cc1. The first-order chi connectivity index (χ1) is 9.52. The van der Waals surface area contributed by atoms with E-state index in [1.807, 2.05) is 41.9 Å². The average molecular weight is 265 g/mol. The third kappa shape index (κ3) is 2.62. The van der Waals surface area contributed by atoms with E-state index in [1.54, 1.807) is 13.0 Å². The molecule has 0 aliphatic rings. The maximum Gasteiger partial charge on any atom is 0.250 e. The van der Waals surface area contributed by atoms with Crippen LogP contribution in [0.1, 0.15) is 12.6 Å². The number of benzene rings is 1. The molecule has 0 radical (unpaired) electrons. The van der Waals surface area contributed by atoms with Crippen molar-refractivity contribution in [1.29, 1.82) is 5.26 Å². The lowest BCUT2D eigenvalue weighted by Gasteiger charge is -2.07. The molecule has 1 aromatic carbocycles. The van der Waals surface area contributed by atoms with E-state index in [2.05, 4.69) is 18.0 Å². The highest BCUT2D eigenvalue weighted by atomic mass is 16.1. The van der Waals surface area contributed by atoms with Crippen molar-refractivity contribution >= 4 is 11.6 Å². The number of rotatable bonds is 3. The van der Waals surface area contributed by atoms with Gasteiger partial charge in [-0.3, -0.25) is 4.79 Å². The first kappa shape index (κ1) is 13.6. The molecule has 0 saturated carbocycles. The van der Waals surface area contributed by atoms with Crippen molar-refractivity contribution in [3.8, 4) is 17.3 Å². The molecule has 0 atom stereocenters. The van der Waals surface area contributed by atoms with Crippen LogP contribution in [0, 0.1) is 11.3 Å². The Bertz CT molecular complexity index is 702. The van der Waals surface area contributed by atoms with Crippen molar-refractivity contribution in [2.24, 2.45) is 7.05 Å². The predicted octanol–water partition coefficient (Wildman–Crippen LogP) is 3.08. The van der Waals surface area contributed by atoms with Crippen molar-refractivity contribution in [3.63, 3.8) is 0 Å². The molecular weight excluding hydrogens is 250 g/mol. The summed E-state index contributed by atoms with van der Waals surface area (Å²) in [6, 6.07) is 13.3. The number of aromatic nitrogens is 1. The van der Waals surface area contributed by atoms with Crippen LogP contribution in [0.3, 0.4) is 0 Å². The molecule has 2 rings (SSSR count). The zero-order valence-electron chi connectivity index (χ0n) is 11.5. The molecule has 0 saturated heterocycles. The summed E-state index contributed by atoms with van der Waals surface area (Å²) in [4.78, 5) is 11.5. The fourth-order valence-corrected chi connectivity index (χ4v) is 1.88. The molecule has 2 aromatic rings. The van der Waals surface area contributed by atoms with Gasteiger partial charge in [-0.25, -0.2) is 0 Å². The summed E-state index contributed by atoms with van der Waals surface area (Å²) in [5, 5.41) is 11.7. The number of hydrogen-bond acceptors (Lipinski definition) is 2. The lowest BCUT2D eigenvalue weighted by molar-refractivity contribution is -0.112. The molecular formula is C16H15N3O. The molecule has 1 amide bonds. The standard InChI is InChI=1S/C16H15N3O/c1-11(2)16(20)18-13-6-4-12(5-7-13)15-9-8-14(10-17)19(15)3/h4-9H,1H2,2-3H3,(H,18,20). The van der Waals surface area contributed by atoms with Gasteiger partial charge in [-0.2, -0.15) is 5.26 Å². The minimum absolute atomic E-state index is 0.191. The van der Waals surface area contributed by atoms with E-state index in [0.29, 0.717) is 11.3 Å². The van der Waals surface area contributed by atoms with Crippen LogP contribution >= 0.6 is 0 Å². The van der Waals surface area contributed by atoms with Crippen LogP contribution in [0.2, 0.25) is 0 Å². The Labute approximate surface area is 118 Å². The van der Waals surface area contributed by atoms with Crippen LogP contribution in [0.4, 0.5) is 5.69 Å². The molecule has 0 unspecified atom stereocenters. The third-order valence-corrected chi connectivity index (χ3v) is 3.06. The van der Waals surface area contributed by atoms with Crippen LogP contribution < -0.4 is 5.32 Å². The van der Waals surface area contributed by atoms with Gasteiger partial charge in [0.05, 0.1) is 0 Å². The third-order valence-electron chi connectivity index (χ3n) is 3.06. The summed E-state index contributed by atoms with van der Waals surface area (Å²) in [5.41, 5.74) is 3.74. The van der Waals surface area contributed by atoms with Gasteiger partial charge in [0.2, 0.25) is 0 Å². The lowest BCUT2D eigenvalue weighted by atomic mass is 10.1. The molecule has 1 aromatic heterocycles. The molecule has 0 aliphatic carbocycles. The molecule has 0 aliphatic heterocycles. The van der Waals surface area contributed by atoms with Gasteiger partial charge in [-0.1, -0.05) is 18.7 Å². The number of nitrogens with zero attached hydrogens (tertiary/aromatic N) is 2. The van der Waals surface area contributed by atoms with Crippen molar-refractivity contribution in [1.82, 2.24) is 4.57 Å². The first-order valence-electron chi connectivity index (χ1n) is 6.16. The van der Waals surface area contributed by atoms with Crippen LogP contribution in [-0.4, -0.2) is 10.5 Å². The topological polar surface area (TPSA) is 57.8 Å². The van der Waals surface area contributed by atoms with Gasteiger partial charge in [0.1, 0.15) is 11.8 Å². The smallest absolute Gasteiger partial charge is 0.250 e. The van der Waals surface area contributed by atoms with E-state index in [1.165, 1.54) is 0 Å². The van der Waals surface area contributed by atoms with Crippen molar-refractivity contribution < 1.29 is 4.79 Å². The maximum absolute atomic E-state index is 11.5. The van der Waals surface area contributed by atoms with Crippen LogP contribution in [0.25, 0.3) is 11.3 Å². The fraction of sp³-hybridized carbons (Fsp3) is 0.125.